The third-order valence-corrected chi connectivity index (χ3v) is 9.65. The number of carbonyl (C=O) groups excluding carboxylic acids is 1. The van der Waals surface area contributed by atoms with Crippen LogP contribution in [0.4, 0.5) is 4.39 Å². The summed E-state index contributed by atoms with van der Waals surface area (Å²) in [5.41, 5.74) is 10.9. The zero-order chi connectivity index (χ0) is 29.6. The lowest BCUT2D eigenvalue weighted by molar-refractivity contribution is 0.0700. The van der Waals surface area contributed by atoms with Gasteiger partial charge in [-0.1, -0.05) is 0 Å². The Morgan fingerprint density at radius 2 is 1.93 bits per heavy atom. The van der Waals surface area contributed by atoms with Crippen LogP contribution in [0.5, 0.6) is 11.5 Å². The molecule has 3 atom stereocenters. The number of ether oxygens (including phenoxy) is 1. The van der Waals surface area contributed by atoms with Gasteiger partial charge in [0.1, 0.15) is 28.5 Å². The number of hydrogen-bond donors (Lipinski definition) is 2. The van der Waals surface area contributed by atoms with E-state index >= 15 is 0 Å². The number of aromatic hydroxyl groups is 1. The second kappa shape index (κ2) is 9.54. The predicted octanol–water partition coefficient (Wildman–Crippen LogP) is 5.08. The number of methoxy groups -OCH3 is 1. The molecule has 8 rings (SSSR count). The van der Waals surface area contributed by atoms with Gasteiger partial charge in [-0.2, -0.15) is 0 Å². The maximum Gasteiger partial charge on any atom is 0.254 e. The van der Waals surface area contributed by atoms with Crippen LogP contribution in [0, 0.1) is 17.7 Å². The molecule has 2 saturated carbocycles. The zero-order valence-electron chi connectivity index (χ0n) is 24.1. The quantitative estimate of drug-likeness (QED) is 0.290. The molecule has 1 saturated heterocycles. The minimum Gasteiger partial charge on any atom is -0.508 e. The Hall–Kier alpha value is -4.44. The molecule has 0 spiro atoms. The largest absolute Gasteiger partial charge is 0.508 e. The summed E-state index contributed by atoms with van der Waals surface area (Å²) in [5, 5.41) is 10.6. The van der Waals surface area contributed by atoms with Crippen LogP contribution in [-0.4, -0.2) is 60.8 Å². The molecule has 3 fully saturated rings. The SMILES string of the molecule is COc1cc(C(=O)N2CC3CCC2C3N)cc2nc(-c3cc4ccc(-c5ccc(O)cc5F)nc4n3CC3CC3)n(C)c12. The summed E-state index contributed by atoms with van der Waals surface area (Å²) in [6.45, 7) is 1.47. The number of aryl methyl sites for hydroxylation is 1. The molecule has 43 heavy (non-hydrogen) atoms. The van der Waals surface area contributed by atoms with Crippen molar-refractivity contribution in [3.05, 3.63) is 59.9 Å². The van der Waals surface area contributed by atoms with Crippen molar-refractivity contribution < 1.29 is 19.0 Å². The van der Waals surface area contributed by atoms with Crippen LogP contribution in [0.25, 0.3) is 44.8 Å². The van der Waals surface area contributed by atoms with Gasteiger partial charge < -0.3 is 29.6 Å². The van der Waals surface area contributed by atoms with E-state index in [4.69, 9.17) is 20.4 Å². The van der Waals surface area contributed by atoms with Gasteiger partial charge in [0.2, 0.25) is 0 Å². The predicted molar refractivity (Wildman–Crippen MR) is 161 cm³/mol. The maximum atomic E-state index is 14.8. The molecular formula is C33H33FN6O3. The van der Waals surface area contributed by atoms with Crippen molar-refractivity contribution in [2.75, 3.05) is 13.7 Å². The van der Waals surface area contributed by atoms with Gasteiger partial charge in [-0.15, -0.1) is 0 Å². The highest BCUT2D eigenvalue weighted by Gasteiger charge is 2.47. The van der Waals surface area contributed by atoms with Gasteiger partial charge >= 0.3 is 0 Å². The minimum absolute atomic E-state index is 0.0314. The third-order valence-electron chi connectivity index (χ3n) is 9.65. The number of hydrogen-bond acceptors (Lipinski definition) is 6. The second-order valence-electron chi connectivity index (χ2n) is 12.3. The first kappa shape index (κ1) is 26.2. The standard InChI is InChI=1S/C33H33FN6O3/c1-38-30-25(11-20(13-28(30)43-2)33(42)40-16-19-6-10-26(40)29(19)35)37-32(38)27-12-18-5-9-24(22-8-7-21(41)14-23(22)34)36-31(18)39(27)15-17-3-4-17/h5,7-9,11-14,17,19,26,29,41H,3-4,6,10,15-16,35H2,1-2H3. The van der Waals surface area contributed by atoms with E-state index in [1.807, 2.05) is 34.7 Å². The van der Waals surface area contributed by atoms with Crippen LogP contribution >= 0.6 is 0 Å². The van der Waals surface area contributed by atoms with Crippen molar-refractivity contribution in [3.63, 3.8) is 0 Å². The van der Waals surface area contributed by atoms with E-state index in [0.29, 0.717) is 46.5 Å². The zero-order valence-corrected chi connectivity index (χ0v) is 24.1. The summed E-state index contributed by atoms with van der Waals surface area (Å²) >= 11 is 0. The van der Waals surface area contributed by atoms with Gasteiger partial charge in [-0.25, -0.2) is 14.4 Å². The normalized spacial score (nSPS) is 21.4. The molecule has 2 aliphatic carbocycles. The van der Waals surface area contributed by atoms with Crippen molar-refractivity contribution in [2.45, 2.75) is 44.3 Å². The molecule has 9 nitrogen and oxygen atoms in total. The molecule has 220 valence electrons. The monoisotopic (exact) mass is 580 g/mol. The molecule has 4 heterocycles. The average molecular weight is 581 g/mol. The molecule has 1 aliphatic heterocycles. The fourth-order valence-corrected chi connectivity index (χ4v) is 7.18. The summed E-state index contributed by atoms with van der Waals surface area (Å²) in [6, 6.07) is 13.7. The van der Waals surface area contributed by atoms with Crippen LogP contribution in [0.15, 0.2) is 48.5 Å². The van der Waals surface area contributed by atoms with Crippen molar-refractivity contribution >= 4 is 28.0 Å². The van der Waals surface area contributed by atoms with Crippen molar-refractivity contribution in [1.82, 2.24) is 24.0 Å². The van der Waals surface area contributed by atoms with Gasteiger partial charge in [0, 0.05) is 54.8 Å². The van der Waals surface area contributed by atoms with Gasteiger partial charge in [-0.05, 0) is 80.0 Å². The molecule has 1 amide bonds. The summed E-state index contributed by atoms with van der Waals surface area (Å²) in [5.74, 6) is 1.55. The number of rotatable bonds is 6. The Bertz CT molecular complexity index is 1940. The molecule has 0 radical (unpaired) electrons. The number of nitrogens with two attached hydrogens (primary N) is 1. The molecule has 2 aromatic carbocycles. The topological polar surface area (TPSA) is 111 Å². The molecule has 3 N–H and O–H groups in total. The number of benzene rings is 2. The number of fused-ring (bicyclic) bond motifs is 4. The minimum atomic E-state index is -0.524. The van der Waals surface area contributed by atoms with Gasteiger partial charge in [0.25, 0.3) is 5.91 Å². The number of piperidine rings is 1. The molecule has 5 aromatic rings. The second-order valence-corrected chi connectivity index (χ2v) is 12.3. The molecule has 3 aliphatic rings. The first-order valence-electron chi connectivity index (χ1n) is 14.9. The molecule has 10 heteroatoms. The average Bonchev–Trinajstić information content (AvgIpc) is 3.41. The fraction of sp³-hybridized carbons (Fsp3) is 0.364. The lowest BCUT2D eigenvalue weighted by Crippen LogP contribution is -2.41. The Morgan fingerprint density at radius 1 is 1.09 bits per heavy atom. The highest BCUT2D eigenvalue weighted by atomic mass is 19.1. The van der Waals surface area contributed by atoms with E-state index in [9.17, 15) is 14.3 Å². The van der Waals surface area contributed by atoms with Crippen LogP contribution in [-0.2, 0) is 13.6 Å². The number of pyridine rings is 1. The number of likely N-dealkylation sites (tertiary alicyclic amines) is 1. The van der Waals surface area contributed by atoms with Crippen molar-refractivity contribution in [2.24, 2.45) is 24.6 Å². The summed E-state index contributed by atoms with van der Waals surface area (Å²) in [6.07, 6.45) is 4.33. The van der Waals surface area contributed by atoms with Gasteiger partial charge in [0.05, 0.1) is 24.0 Å². The number of phenols is 1. The Labute approximate surface area is 247 Å². The highest BCUT2D eigenvalue weighted by Crippen LogP contribution is 2.40. The Kier molecular flexibility index (Phi) is 5.81. The number of nitrogens with zero attached hydrogens (tertiary/aromatic N) is 5. The van der Waals surface area contributed by atoms with E-state index in [1.54, 1.807) is 19.2 Å². The molecular weight excluding hydrogens is 547 g/mol. The first-order valence-corrected chi connectivity index (χ1v) is 14.9. The van der Waals surface area contributed by atoms with Crippen molar-refractivity contribution in [3.8, 4) is 34.3 Å². The molecule has 3 aromatic heterocycles. The smallest absolute Gasteiger partial charge is 0.254 e. The maximum absolute atomic E-state index is 14.8. The number of aromatic nitrogens is 4. The highest BCUT2D eigenvalue weighted by molar-refractivity contribution is 6.00. The summed E-state index contributed by atoms with van der Waals surface area (Å²) in [4.78, 5) is 25.6. The van der Waals surface area contributed by atoms with Gasteiger partial charge in [0.15, 0.2) is 5.82 Å². The first-order chi connectivity index (χ1) is 20.8. The van der Waals surface area contributed by atoms with Crippen LogP contribution in [0.2, 0.25) is 0 Å². The van der Waals surface area contributed by atoms with E-state index < -0.39 is 5.82 Å². The van der Waals surface area contributed by atoms with Gasteiger partial charge in [-0.3, -0.25) is 4.79 Å². The van der Waals surface area contributed by atoms with E-state index in [2.05, 4.69) is 10.6 Å². The Morgan fingerprint density at radius 3 is 2.63 bits per heavy atom. The van der Waals surface area contributed by atoms with E-state index in [1.165, 1.54) is 6.07 Å². The summed E-state index contributed by atoms with van der Waals surface area (Å²) in [7, 11) is 3.57. The summed E-state index contributed by atoms with van der Waals surface area (Å²) < 4.78 is 24.8. The number of amides is 1. The third kappa shape index (κ3) is 4.11. The fourth-order valence-electron chi connectivity index (χ4n) is 7.18. The lowest BCUT2D eigenvalue weighted by Gasteiger charge is -2.27. The van der Waals surface area contributed by atoms with Crippen LogP contribution in [0.1, 0.15) is 36.0 Å². The Balaban J connectivity index is 1.25. The van der Waals surface area contributed by atoms with E-state index in [0.717, 1.165) is 66.4 Å². The van der Waals surface area contributed by atoms with Crippen LogP contribution < -0.4 is 10.5 Å². The molecule has 2 bridgehead atoms. The van der Waals surface area contributed by atoms with Crippen LogP contribution in [0.3, 0.4) is 0 Å². The number of halogens is 1. The van der Waals surface area contributed by atoms with E-state index in [-0.39, 0.29) is 23.7 Å². The lowest BCUT2D eigenvalue weighted by atomic mass is 10.1. The van der Waals surface area contributed by atoms with Crippen molar-refractivity contribution in [1.29, 1.82) is 0 Å². The number of phenolic OH excluding ortho intramolecular Hbond substituents is 1. The number of imidazole rings is 1. The molecule has 3 unspecified atom stereocenters. The number of carbonyl (C=O) groups is 1.